The highest BCUT2D eigenvalue weighted by Crippen LogP contribution is 2.24. The van der Waals surface area contributed by atoms with E-state index in [9.17, 15) is 0 Å². The van der Waals surface area contributed by atoms with Crippen molar-refractivity contribution in [3.8, 4) is 0 Å². The lowest BCUT2D eigenvalue weighted by Gasteiger charge is -2.25. The molecule has 92 valence electrons. The molecule has 0 aliphatic rings. The van der Waals surface area contributed by atoms with Gasteiger partial charge < -0.3 is 9.72 Å². The molecule has 0 bridgehead atoms. The molecular weight excluding hydrogens is 214 g/mol. The fraction of sp³-hybridized carbons (Fsp3) is 0.462. The number of methoxy groups -OCH3 is 1. The first kappa shape index (κ1) is 12.1. The van der Waals surface area contributed by atoms with E-state index in [0.29, 0.717) is 6.73 Å². The largest absolute Gasteiger partial charge is 0.370 e. The van der Waals surface area contributed by atoms with Crippen molar-refractivity contribution >= 4 is 11.0 Å². The van der Waals surface area contributed by atoms with E-state index < -0.39 is 0 Å². The van der Waals surface area contributed by atoms with E-state index in [0.717, 1.165) is 17.6 Å². The van der Waals surface area contributed by atoms with Crippen LogP contribution in [0.3, 0.4) is 0 Å². The summed E-state index contributed by atoms with van der Waals surface area (Å²) in [6.07, 6.45) is 1.73. The smallest absolute Gasteiger partial charge is 0.0961 e. The van der Waals surface area contributed by atoms with Crippen molar-refractivity contribution in [2.45, 2.75) is 19.3 Å². The molecule has 0 atom stereocenters. The Morgan fingerprint density at radius 1 is 1.41 bits per heavy atom. The predicted octanol–water partition coefficient (Wildman–Crippen LogP) is 2.03. The zero-order valence-electron chi connectivity index (χ0n) is 10.6. The number of hydrogen-bond acceptors (Lipinski definition) is 3. The number of hydrogen-bond donors (Lipinski definition) is 2. The van der Waals surface area contributed by atoms with Gasteiger partial charge in [-0.3, -0.25) is 5.32 Å². The third kappa shape index (κ3) is 2.65. The van der Waals surface area contributed by atoms with Crippen molar-refractivity contribution in [1.82, 2.24) is 15.3 Å². The van der Waals surface area contributed by atoms with Crippen LogP contribution in [0.2, 0.25) is 0 Å². The normalized spacial score (nSPS) is 12.2. The molecule has 1 aromatic heterocycles. The van der Waals surface area contributed by atoms with E-state index in [-0.39, 0.29) is 5.41 Å². The number of fused-ring (bicyclic) bond motifs is 1. The summed E-state index contributed by atoms with van der Waals surface area (Å²) >= 11 is 0. The molecule has 0 spiro atoms. The van der Waals surface area contributed by atoms with Gasteiger partial charge in [-0.25, -0.2) is 4.98 Å². The molecule has 0 radical (unpaired) electrons. The van der Waals surface area contributed by atoms with E-state index in [1.807, 2.05) is 0 Å². The van der Waals surface area contributed by atoms with Gasteiger partial charge in [-0.2, -0.15) is 0 Å². The highest BCUT2D eigenvalue weighted by Gasteiger charge is 2.20. The number of nitrogens with one attached hydrogen (secondary N) is 2. The molecule has 0 aliphatic heterocycles. The SMILES string of the molecule is COCNCC(C)(C)c1ccc2nc[nH]c2c1. The van der Waals surface area contributed by atoms with Crippen LogP contribution in [-0.4, -0.2) is 30.4 Å². The lowest BCUT2D eigenvalue weighted by molar-refractivity contribution is 0.169. The molecule has 2 rings (SSSR count). The van der Waals surface area contributed by atoms with Crippen LogP contribution in [0.1, 0.15) is 19.4 Å². The number of ether oxygens (including phenoxy) is 1. The van der Waals surface area contributed by atoms with Crippen molar-refractivity contribution in [2.75, 3.05) is 20.4 Å². The standard InChI is InChI=1S/C13H19N3O/c1-13(2,7-14-9-17-3)10-4-5-11-12(6-10)16-8-15-11/h4-6,8,14H,7,9H2,1-3H3,(H,15,16). The van der Waals surface area contributed by atoms with Crippen LogP contribution >= 0.6 is 0 Å². The zero-order valence-corrected chi connectivity index (χ0v) is 10.6. The maximum atomic E-state index is 5.00. The summed E-state index contributed by atoms with van der Waals surface area (Å²) in [5.41, 5.74) is 3.45. The first-order valence-electron chi connectivity index (χ1n) is 5.77. The number of aromatic nitrogens is 2. The Morgan fingerprint density at radius 3 is 3.00 bits per heavy atom. The highest BCUT2D eigenvalue weighted by molar-refractivity contribution is 5.75. The number of imidazole rings is 1. The Labute approximate surface area is 101 Å². The Bertz CT molecular complexity index is 490. The summed E-state index contributed by atoms with van der Waals surface area (Å²) in [5, 5.41) is 3.27. The Kier molecular flexibility index (Phi) is 3.45. The summed E-state index contributed by atoms with van der Waals surface area (Å²) in [6.45, 7) is 5.89. The lowest BCUT2D eigenvalue weighted by atomic mass is 9.84. The van der Waals surface area contributed by atoms with Gasteiger partial charge in [0.1, 0.15) is 0 Å². The Morgan fingerprint density at radius 2 is 2.24 bits per heavy atom. The molecule has 1 aromatic carbocycles. The molecule has 4 nitrogen and oxygen atoms in total. The molecule has 0 unspecified atom stereocenters. The summed E-state index contributed by atoms with van der Waals surface area (Å²) in [6, 6.07) is 6.35. The van der Waals surface area contributed by atoms with Gasteiger partial charge in [-0.1, -0.05) is 19.9 Å². The molecular formula is C13H19N3O. The van der Waals surface area contributed by atoms with Crippen molar-refractivity contribution in [1.29, 1.82) is 0 Å². The molecule has 0 saturated heterocycles. The van der Waals surface area contributed by atoms with Gasteiger partial charge in [0.2, 0.25) is 0 Å². The van der Waals surface area contributed by atoms with E-state index in [4.69, 9.17) is 4.74 Å². The zero-order chi connectivity index (χ0) is 12.3. The molecule has 2 aromatic rings. The number of benzene rings is 1. The topological polar surface area (TPSA) is 49.9 Å². The molecule has 0 saturated carbocycles. The van der Waals surface area contributed by atoms with Crippen molar-refractivity contribution in [3.63, 3.8) is 0 Å². The van der Waals surface area contributed by atoms with E-state index in [1.165, 1.54) is 5.56 Å². The maximum Gasteiger partial charge on any atom is 0.0961 e. The number of H-pyrrole nitrogens is 1. The maximum absolute atomic E-state index is 5.00. The van der Waals surface area contributed by atoms with Crippen LogP contribution in [0.25, 0.3) is 11.0 Å². The monoisotopic (exact) mass is 233 g/mol. The van der Waals surface area contributed by atoms with Gasteiger partial charge in [0.25, 0.3) is 0 Å². The van der Waals surface area contributed by atoms with Crippen LogP contribution in [0.15, 0.2) is 24.5 Å². The average Bonchev–Trinajstić information content (AvgIpc) is 2.76. The van der Waals surface area contributed by atoms with Crippen molar-refractivity contribution in [2.24, 2.45) is 0 Å². The second-order valence-electron chi connectivity index (χ2n) is 4.88. The lowest BCUT2D eigenvalue weighted by Crippen LogP contribution is -2.33. The molecule has 2 N–H and O–H groups in total. The fourth-order valence-corrected chi connectivity index (χ4v) is 1.92. The second kappa shape index (κ2) is 4.85. The van der Waals surface area contributed by atoms with Crippen molar-refractivity contribution in [3.05, 3.63) is 30.1 Å². The minimum atomic E-state index is 0.0673. The second-order valence-corrected chi connectivity index (χ2v) is 4.88. The Hall–Kier alpha value is -1.39. The van der Waals surface area contributed by atoms with Gasteiger partial charge in [-0.05, 0) is 17.7 Å². The van der Waals surface area contributed by atoms with Crippen LogP contribution in [0, 0.1) is 0 Å². The van der Waals surface area contributed by atoms with E-state index in [1.54, 1.807) is 13.4 Å². The first-order chi connectivity index (χ1) is 8.13. The molecule has 0 fully saturated rings. The number of aromatic amines is 1. The van der Waals surface area contributed by atoms with Crippen LogP contribution in [0.5, 0.6) is 0 Å². The minimum absolute atomic E-state index is 0.0673. The summed E-state index contributed by atoms with van der Waals surface area (Å²) in [5.74, 6) is 0. The van der Waals surface area contributed by atoms with Gasteiger partial charge >= 0.3 is 0 Å². The van der Waals surface area contributed by atoms with Gasteiger partial charge in [0.15, 0.2) is 0 Å². The number of nitrogens with zero attached hydrogens (tertiary/aromatic N) is 1. The molecule has 1 heterocycles. The van der Waals surface area contributed by atoms with Crippen LogP contribution < -0.4 is 5.32 Å². The molecule has 0 amide bonds. The first-order valence-corrected chi connectivity index (χ1v) is 5.77. The fourth-order valence-electron chi connectivity index (χ4n) is 1.92. The highest BCUT2D eigenvalue weighted by atomic mass is 16.5. The summed E-state index contributed by atoms with van der Waals surface area (Å²) < 4.78 is 5.00. The van der Waals surface area contributed by atoms with Crippen molar-refractivity contribution < 1.29 is 4.74 Å². The van der Waals surface area contributed by atoms with Gasteiger partial charge in [0, 0.05) is 19.1 Å². The van der Waals surface area contributed by atoms with Gasteiger partial charge in [-0.15, -0.1) is 0 Å². The minimum Gasteiger partial charge on any atom is -0.370 e. The molecule has 17 heavy (non-hydrogen) atoms. The third-order valence-corrected chi connectivity index (χ3v) is 3.02. The third-order valence-electron chi connectivity index (χ3n) is 3.02. The average molecular weight is 233 g/mol. The summed E-state index contributed by atoms with van der Waals surface area (Å²) in [4.78, 5) is 7.37. The van der Waals surface area contributed by atoms with Crippen LogP contribution in [0.4, 0.5) is 0 Å². The molecule has 4 heteroatoms. The quantitative estimate of drug-likeness (QED) is 0.613. The van der Waals surface area contributed by atoms with E-state index >= 15 is 0 Å². The predicted molar refractivity (Wildman–Crippen MR) is 69.0 cm³/mol. The van der Waals surface area contributed by atoms with E-state index in [2.05, 4.69) is 47.3 Å². The molecule has 0 aliphatic carbocycles. The number of rotatable bonds is 5. The Balaban J connectivity index is 2.18. The van der Waals surface area contributed by atoms with Gasteiger partial charge in [0.05, 0.1) is 24.1 Å². The summed E-state index contributed by atoms with van der Waals surface area (Å²) in [7, 11) is 1.69. The van der Waals surface area contributed by atoms with Crippen LogP contribution in [-0.2, 0) is 10.2 Å².